The molecule has 0 spiro atoms. The lowest BCUT2D eigenvalue weighted by atomic mass is 10.1. The monoisotopic (exact) mass is 249 g/mol. The first-order valence-corrected chi connectivity index (χ1v) is 5.94. The van der Waals surface area contributed by atoms with Crippen molar-refractivity contribution in [2.45, 2.75) is 0 Å². The molecule has 3 heteroatoms. The minimum absolute atomic E-state index is 0.0797. The molecule has 3 rings (SSSR count). The Balaban J connectivity index is 2.15. The lowest BCUT2D eigenvalue weighted by Crippen LogP contribution is -1.98. The molecule has 2 heterocycles. The van der Waals surface area contributed by atoms with Crippen molar-refractivity contribution >= 4 is 0 Å². The van der Waals surface area contributed by atoms with Gasteiger partial charge in [-0.2, -0.15) is 0 Å². The van der Waals surface area contributed by atoms with E-state index in [0.29, 0.717) is 11.5 Å². The SMILES string of the molecule is O=c1cc(-c2ccccc2)oc(-c2cccnc2)c1. The Morgan fingerprint density at radius 1 is 0.842 bits per heavy atom. The van der Waals surface area contributed by atoms with Crippen molar-refractivity contribution in [3.05, 3.63) is 77.2 Å². The molecular formula is C16H11NO2. The highest BCUT2D eigenvalue weighted by Crippen LogP contribution is 2.23. The van der Waals surface area contributed by atoms with Gasteiger partial charge in [0.1, 0.15) is 11.5 Å². The smallest absolute Gasteiger partial charge is 0.186 e. The van der Waals surface area contributed by atoms with Gasteiger partial charge in [0, 0.05) is 35.7 Å². The first-order chi connectivity index (χ1) is 9.33. The van der Waals surface area contributed by atoms with Crippen LogP contribution in [0.4, 0.5) is 0 Å². The molecule has 0 bridgehead atoms. The number of aromatic nitrogens is 1. The Kier molecular flexibility index (Phi) is 2.94. The molecule has 0 amide bonds. The molecule has 0 unspecified atom stereocenters. The number of benzene rings is 1. The first-order valence-electron chi connectivity index (χ1n) is 5.94. The fourth-order valence-corrected chi connectivity index (χ4v) is 1.87. The van der Waals surface area contributed by atoms with E-state index in [-0.39, 0.29) is 5.43 Å². The second-order valence-electron chi connectivity index (χ2n) is 4.13. The summed E-state index contributed by atoms with van der Waals surface area (Å²) in [5.74, 6) is 1.09. The summed E-state index contributed by atoms with van der Waals surface area (Å²) < 4.78 is 5.79. The molecule has 1 aromatic carbocycles. The zero-order chi connectivity index (χ0) is 13.1. The predicted molar refractivity (Wildman–Crippen MR) is 73.6 cm³/mol. The predicted octanol–water partition coefficient (Wildman–Crippen LogP) is 3.37. The largest absolute Gasteiger partial charge is 0.456 e. The van der Waals surface area contributed by atoms with Crippen LogP contribution in [-0.4, -0.2) is 4.98 Å². The average molecular weight is 249 g/mol. The summed E-state index contributed by atoms with van der Waals surface area (Å²) in [6, 6.07) is 16.2. The quantitative estimate of drug-likeness (QED) is 0.699. The summed E-state index contributed by atoms with van der Waals surface area (Å²) in [7, 11) is 0. The van der Waals surface area contributed by atoms with Crippen molar-refractivity contribution in [2.24, 2.45) is 0 Å². The van der Waals surface area contributed by atoms with E-state index in [1.807, 2.05) is 42.5 Å². The minimum Gasteiger partial charge on any atom is -0.456 e. The van der Waals surface area contributed by atoms with Crippen LogP contribution in [0.1, 0.15) is 0 Å². The summed E-state index contributed by atoms with van der Waals surface area (Å²) >= 11 is 0. The molecule has 0 atom stereocenters. The van der Waals surface area contributed by atoms with Gasteiger partial charge in [-0.15, -0.1) is 0 Å². The van der Waals surface area contributed by atoms with E-state index in [1.54, 1.807) is 12.4 Å². The van der Waals surface area contributed by atoms with Crippen LogP contribution in [0.5, 0.6) is 0 Å². The average Bonchev–Trinajstić information content (AvgIpc) is 2.48. The van der Waals surface area contributed by atoms with Crippen molar-refractivity contribution < 1.29 is 4.42 Å². The second-order valence-corrected chi connectivity index (χ2v) is 4.13. The van der Waals surface area contributed by atoms with Gasteiger partial charge in [-0.05, 0) is 12.1 Å². The minimum atomic E-state index is -0.0797. The van der Waals surface area contributed by atoms with Crippen molar-refractivity contribution in [1.82, 2.24) is 4.98 Å². The van der Waals surface area contributed by atoms with E-state index >= 15 is 0 Å². The van der Waals surface area contributed by atoms with E-state index < -0.39 is 0 Å². The molecule has 3 aromatic rings. The van der Waals surface area contributed by atoms with Gasteiger partial charge < -0.3 is 4.42 Å². The Bertz CT molecular complexity index is 673. The molecule has 0 N–H and O–H groups in total. The molecule has 0 radical (unpaired) electrons. The van der Waals surface area contributed by atoms with Gasteiger partial charge in [0.15, 0.2) is 5.43 Å². The molecule has 19 heavy (non-hydrogen) atoms. The zero-order valence-electron chi connectivity index (χ0n) is 10.1. The number of hydrogen-bond acceptors (Lipinski definition) is 3. The highest BCUT2D eigenvalue weighted by molar-refractivity contribution is 5.61. The molecule has 92 valence electrons. The number of pyridine rings is 1. The van der Waals surface area contributed by atoms with Crippen molar-refractivity contribution in [2.75, 3.05) is 0 Å². The van der Waals surface area contributed by atoms with Crippen LogP contribution in [-0.2, 0) is 0 Å². The summed E-state index contributed by atoms with van der Waals surface area (Å²) in [4.78, 5) is 15.8. The Hall–Kier alpha value is -2.68. The van der Waals surface area contributed by atoms with Gasteiger partial charge in [-0.1, -0.05) is 30.3 Å². The molecule has 0 saturated heterocycles. The number of hydrogen-bond donors (Lipinski definition) is 0. The molecule has 3 nitrogen and oxygen atoms in total. The van der Waals surface area contributed by atoms with E-state index in [0.717, 1.165) is 11.1 Å². The third-order valence-electron chi connectivity index (χ3n) is 2.77. The highest BCUT2D eigenvalue weighted by atomic mass is 16.3. The van der Waals surface area contributed by atoms with Crippen LogP contribution in [0.2, 0.25) is 0 Å². The van der Waals surface area contributed by atoms with Crippen LogP contribution in [0, 0.1) is 0 Å². The highest BCUT2D eigenvalue weighted by Gasteiger charge is 2.06. The Morgan fingerprint density at radius 3 is 2.21 bits per heavy atom. The molecule has 0 aliphatic carbocycles. The first kappa shape index (κ1) is 11.4. The van der Waals surface area contributed by atoms with E-state index in [2.05, 4.69) is 4.98 Å². The van der Waals surface area contributed by atoms with Gasteiger partial charge in [0.2, 0.25) is 0 Å². The van der Waals surface area contributed by atoms with Crippen molar-refractivity contribution in [3.63, 3.8) is 0 Å². The van der Waals surface area contributed by atoms with Crippen molar-refractivity contribution in [3.8, 4) is 22.6 Å². The Morgan fingerprint density at radius 2 is 1.53 bits per heavy atom. The Labute approximate surface area is 110 Å². The topological polar surface area (TPSA) is 43.1 Å². The number of rotatable bonds is 2. The fourth-order valence-electron chi connectivity index (χ4n) is 1.87. The van der Waals surface area contributed by atoms with E-state index in [1.165, 1.54) is 12.1 Å². The van der Waals surface area contributed by atoms with Gasteiger partial charge >= 0.3 is 0 Å². The maximum Gasteiger partial charge on any atom is 0.186 e. The molecule has 0 aliphatic rings. The maximum absolute atomic E-state index is 11.8. The molecular weight excluding hydrogens is 238 g/mol. The van der Waals surface area contributed by atoms with E-state index in [4.69, 9.17) is 4.42 Å². The van der Waals surface area contributed by atoms with Gasteiger partial charge in [-0.3, -0.25) is 9.78 Å². The third-order valence-corrected chi connectivity index (χ3v) is 2.77. The zero-order valence-corrected chi connectivity index (χ0v) is 10.1. The van der Waals surface area contributed by atoms with Crippen LogP contribution < -0.4 is 5.43 Å². The van der Waals surface area contributed by atoms with Crippen LogP contribution >= 0.6 is 0 Å². The van der Waals surface area contributed by atoms with Gasteiger partial charge in [0.05, 0.1) is 0 Å². The summed E-state index contributed by atoms with van der Waals surface area (Å²) in [5, 5.41) is 0. The lowest BCUT2D eigenvalue weighted by Gasteiger charge is -2.04. The van der Waals surface area contributed by atoms with Crippen LogP contribution in [0.3, 0.4) is 0 Å². The van der Waals surface area contributed by atoms with Gasteiger partial charge in [-0.25, -0.2) is 0 Å². The fraction of sp³-hybridized carbons (Fsp3) is 0. The summed E-state index contributed by atoms with van der Waals surface area (Å²) in [6.07, 6.45) is 3.36. The summed E-state index contributed by atoms with van der Waals surface area (Å²) in [6.45, 7) is 0. The summed E-state index contributed by atoms with van der Waals surface area (Å²) in [5.41, 5.74) is 1.59. The molecule has 2 aromatic heterocycles. The van der Waals surface area contributed by atoms with Crippen molar-refractivity contribution in [1.29, 1.82) is 0 Å². The van der Waals surface area contributed by atoms with Crippen LogP contribution in [0.15, 0.2) is 76.2 Å². The van der Waals surface area contributed by atoms with E-state index in [9.17, 15) is 4.79 Å². The maximum atomic E-state index is 11.8. The number of nitrogens with zero attached hydrogens (tertiary/aromatic N) is 1. The molecule has 0 fully saturated rings. The lowest BCUT2D eigenvalue weighted by molar-refractivity contribution is 0.580. The van der Waals surface area contributed by atoms with Crippen LogP contribution in [0.25, 0.3) is 22.6 Å². The second kappa shape index (κ2) is 4.90. The molecule has 0 aliphatic heterocycles. The van der Waals surface area contributed by atoms with Gasteiger partial charge in [0.25, 0.3) is 0 Å². The normalized spacial score (nSPS) is 10.3. The molecule has 0 saturated carbocycles. The standard InChI is InChI=1S/C16H11NO2/c18-14-9-15(12-5-2-1-3-6-12)19-16(10-14)13-7-4-8-17-11-13/h1-11H. The third kappa shape index (κ3) is 2.45.